The van der Waals surface area contributed by atoms with Crippen molar-refractivity contribution in [2.24, 2.45) is 0 Å². The van der Waals surface area contributed by atoms with E-state index in [9.17, 15) is 18.0 Å². The molecule has 2 aromatic carbocycles. The highest BCUT2D eigenvalue weighted by atomic mass is 35.5. The van der Waals surface area contributed by atoms with Crippen molar-refractivity contribution in [1.29, 1.82) is 0 Å². The Hall–Kier alpha value is -3.60. The number of benzene rings is 2. The smallest absolute Gasteiger partial charge is 0.387 e. The van der Waals surface area contributed by atoms with Gasteiger partial charge in [-0.1, -0.05) is 18.2 Å². The van der Waals surface area contributed by atoms with Crippen molar-refractivity contribution in [3.05, 3.63) is 59.9 Å². The van der Waals surface area contributed by atoms with E-state index < -0.39 is 29.0 Å². The number of carbonyl (C=O) groups excluding carboxylic acids is 1. The lowest BCUT2D eigenvalue weighted by Gasteiger charge is -2.35. The van der Waals surface area contributed by atoms with Gasteiger partial charge in [0.15, 0.2) is 5.82 Å². The average molecular weight is 508 g/mol. The van der Waals surface area contributed by atoms with Crippen LogP contribution in [0.1, 0.15) is 6.42 Å². The van der Waals surface area contributed by atoms with Crippen LogP contribution < -0.4 is 15.0 Å². The number of anilines is 3. The van der Waals surface area contributed by atoms with E-state index in [1.165, 1.54) is 24.5 Å². The minimum Gasteiger partial charge on any atom is -0.433 e. The molecule has 1 aromatic heterocycles. The zero-order chi connectivity index (χ0) is 24.9. The predicted molar refractivity (Wildman–Crippen MR) is 122 cm³/mol. The van der Waals surface area contributed by atoms with Gasteiger partial charge in [0.05, 0.1) is 22.9 Å². The van der Waals surface area contributed by atoms with Crippen molar-refractivity contribution in [2.45, 2.75) is 25.1 Å². The summed E-state index contributed by atoms with van der Waals surface area (Å²) in [6, 6.07) is 5.01. The fourth-order valence-electron chi connectivity index (χ4n) is 4.68. The van der Waals surface area contributed by atoms with E-state index in [0.717, 1.165) is 6.07 Å². The number of nitrogens with zero attached hydrogens (tertiary/aromatic N) is 4. The zero-order valence-electron chi connectivity index (χ0n) is 18.0. The van der Waals surface area contributed by atoms with Crippen molar-refractivity contribution >= 4 is 45.6 Å². The van der Waals surface area contributed by atoms with Gasteiger partial charge in [0.2, 0.25) is 5.91 Å². The molecule has 35 heavy (non-hydrogen) atoms. The Kier molecular flexibility index (Phi) is 5.87. The molecule has 2 atom stereocenters. The Balaban J connectivity index is 1.47. The molecule has 2 bridgehead atoms. The van der Waals surface area contributed by atoms with Crippen LogP contribution in [0.5, 0.6) is 5.75 Å². The fourth-order valence-corrected chi connectivity index (χ4v) is 4.89. The van der Waals surface area contributed by atoms with Crippen LogP contribution in [-0.4, -0.2) is 52.6 Å². The largest absolute Gasteiger partial charge is 0.433 e. The third-order valence-electron chi connectivity index (χ3n) is 6.23. The molecule has 7 nitrogen and oxygen atoms in total. The van der Waals surface area contributed by atoms with Crippen molar-refractivity contribution < 1.29 is 27.1 Å². The van der Waals surface area contributed by atoms with Gasteiger partial charge in [-0.25, -0.2) is 18.7 Å². The Bertz CT molecular complexity index is 1340. The summed E-state index contributed by atoms with van der Waals surface area (Å²) in [4.78, 5) is 23.9. The summed E-state index contributed by atoms with van der Waals surface area (Å²) in [5, 5.41) is 2.57. The zero-order valence-corrected chi connectivity index (χ0v) is 18.8. The summed E-state index contributed by atoms with van der Waals surface area (Å²) >= 11 is 5.84. The van der Waals surface area contributed by atoms with E-state index in [2.05, 4.69) is 26.6 Å². The number of hydrogen-bond acceptors (Lipinski definition) is 6. The number of alkyl halides is 2. The number of amides is 1. The molecule has 1 amide bonds. The van der Waals surface area contributed by atoms with Gasteiger partial charge in [-0.2, -0.15) is 8.78 Å². The van der Waals surface area contributed by atoms with Crippen LogP contribution in [0, 0.1) is 11.6 Å². The van der Waals surface area contributed by atoms with Gasteiger partial charge in [-0.05, 0) is 30.7 Å². The molecule has 1 N–H and O–H groups in total. The van der Waals surface area contributed by atoms with Crippen LogP contribution in [0.3, 0.4) is 0 Å². The first-order valence-corrected chi connectivity index (χ1v) is 11.0. The van der Waals surface area contributed by atoms with Crippen molar-refractivity contribution in [1.82, 2.24) is 14.9 Å². The minimum atomic E-state index is -3.16. The molecular weight excluding hydrogens is 490 g/mol. The standard InChI is InChI=1S/C23H18ClF4N5O2/c1-2-19(34)33-9-11-5-12(33)8-32(11)17-6-13-16(7-14(17)25)29-10-30-22(13)31-15-3-4-18(35-23(27)28)20(24)21(15)26/h2-4,6-7,10-12,23H,1,5,8-9H2,(H,29,30,31)/t11-,12-/m0/s1. The Morgan fingerprint density at radius 3 is 2.71 bits per heavy atom. The van der Waals surface area contributed by atoms with Crippen LogP contribution in [-0.2, 0) is 4.79 Å². The Morgan fingerprint density at radius 1 is 1.23 bits per heavy atom. The Labute approximate surface area is 202 Å². The van der Waals surface area contributed by atoms with Crippen LogP contribution in [0.2, 0.25) is 5.02 Å². The molecule has 0 unspecified atom stereocenters. The number of carbonyl (C=O) groups is 1. The predicted octanol–water partition coefficient (Wildman–Crippen LogP) is 4.88. The second-order valence-corrected chi connectivity index (χ2v) is 8.55. The van der Waals surface area contributed by atoms with E-state index in [0.29, 0.717) is 30.6 Å². The number of likely N-dealkylation sites (tertiary alicyclic amines) is 1. The van der Waals surface area contributed by atoms with Gasteiger partial charge in [0, 0.05) is 30.6 Å². The molecule has 0 spiro atoms. The summed E-state index contributed by atoms with van der Waals surface area (Å²) in [6.45, 7) is 1.28. The molecule has 3 aromatic rings. The van der Waals surface area contributed by atoms with Crippen LogP contribution in [0.4, 0.5) is 34.8 Å². The lowest BCUT2D eigenvalue weighted by Crippen LogP contribution is -2.48. The third kappa shape index (κ3) is 4.09. The molecule has 3 heterocycles. The summed E-state index contributed by atoms with van der Waals surface area (Å²) in [7, 11) is 0. The lowest BCUT2D eigenvalue weighted by molar-refractivity contribution is -0.127. The van der Waals surface area contributed by atoms with Gasteiger partial charge in [-0.3, -0.25) is 4.79 Å². The quantitative estimate of drug-likeness (QED) is 0.379. The third-order valence-corrected chi connectivity index (χ3v) is 6.58. The molecule has 182 valence electrons. The fraction of sp³-hybridized carbons (Fsp3) is 0.261. The first kappa shape index (κ1) is 23.2. The topological polar surface area (TPSA) is 70.6 Å². The van der Waals surface area contributed by atoms with Gasteiger partial charge in [0.25, 0.3) is 0 Å². The van der Waals surface area contributed by atoms with E-state index in [4.69, 9.17) is 11.6 Å². The monoisotopic (exact) mass is 507 g/mol. The van der Waals surface area contributed by atoms with Gasteiger partial charge < -0.3 is 19.9 Å². The second kappa shape index (κ2) is 8.88. The summed E-state index contributed by atoms with van der Waals surface area (Å²) in [6.07, 6.45) is 3.17. The number of ether oxygens (including phenoxy) is 1. The highest BCUT2D eigenvalue weighted by molar-refractivity contribution is 6.32. The van der Waals surface area contributed by atoms with Crippen LogP contribution in [0.25, 0.3) is 10.9 Å². The molecule has 2 saturated heterocycles. The summed E-state index contributed by atoms with van der Waals surface area (Å²) in [5.41, 5.74) is 0.453. The highest BCUT2D eigenvalue weighted by Crippen LogP contribution is 2.39. The molecule has 2 aliphatic rings. The number of piperazine rings is 1. The summed E-state index contributed by atoms with van der Waals surface area (Å²) < 4.78 is 59.0. The maximum atomic E-state index is 15.1. The van der Waals surface area contributed by atoms with Gasteiger partial charge >= 0.3 is 6.61 Å². The van der Waals surface area contributed by atoms with E-state index in [-0.39, 0.29) is 35.0 Å². The minimum absolute atomic E-state index is 0.0459. The number of halogens is 5. The molecule has 5 rings (SSSR count). The first-order chi connectivity index (χ1) is 16.8. The van der Waals surface area contributed by atoms with Crippen molar-refractivity contribution in [2.75, 3.05) is 23.3 Å². The first-order valence-electron chi connectivity index (χ1n) is 10.6. The second-order valence-electron chi connectivity index (χ2n) is 8.18. The van der Waals surface area contributed by atoms with Crippen molar-refractivity contribution in [3.8, 4) is 5.75 Å². The molecule has 0 saturated carbocycles. The van der Waals surface area contributed by atoms with E-state index >= 15 is 4.39 Å². The lowest BCUT2D eigenvalue weighted by atomic mass is 10.1. The van der Waals surface area contributed by atoms with E-state index in [1.807, 2.05) is 4.90 Å². The summed E-state index contributed by atoms with van der Waals surface area (Å²) in [5.74, 6) is -1.99. The SMILES string of the molecule is C=CC(=O)N1C[C@@H]2C[C@H]1CN2c1cc2c(Nc3ccc(OC(F)F)c(Cl)c3F)ncnc2cc1F. The molecule has 2 fully saturated rings. The van der Waals surface area contributed by atoms with Gasteiger partial charge in [-0.15, -0.1) is 0 Å². The molecular formula is C23H18ClF4N5O2. The number of fused-ring (bicyclic) bond motifs is 3. The molecule has 0 radical (unpaired) electrons. The maximum absolute atomic E-state index is 15.1. The van der Waals surface area contributed by atoms with Crippen LogP contribution in [0.15, 0.2) is 43.2 Å². The number of hydrogen-bond donors (Lipinski definition) is 1. The normalized spacial score (nSPS) is 19.0. The number of nitrogens with one attached hydrogen (secondary N) is 1. The van der Waals surface area contributed by atoms with Gasteiger partial charge in [0.1, 0.15) is 28.7 Å². The maximum Gasteiger partial charge on any atom is 0.387 e. The van der Waals surface area contributed by atoms with Crippen LogP contribution >= 0.6 is 11.6 Å². The number of rotatable bonds is 6. The molecule has 12 heteroatoms. The Morgan fingerprint density at radius 2 is 2.03 bits per heavy atom. The molecule has 0 aliphatic carbocycles. The highest BCUT2D eigenvalue weighted by Gasteiger charge is 2.45. The van der Waals surface area contributed by atoms with Crippen molar-refractivity contribution in [3.63, 3.8) is 0 Å². The number of aromatic nitrogens is 2. The van der Waals surface area contributed by atoms with E-state index in [1.54, 1.807) is 11.0 Å². The molecule has 2 aliphatic heterocycles. The average Bonchev–Trinajstić information content (AvgIpc) is 3.44.